The molecule has 18 heavy (non-hydrogen) atoms. The van der Waals surface area contributed by atoms with E-state index < -0.39 is 29.0 Å². The Bertz CT molecular complexity index is 621. The molecule has 0 aliphatic heterocycles. The van der Waals surface area contributed by atoms with E-state index in [2.05, 4.69) is 0 Å². The molecule has 0 amide bonds. The molecule has 0 bridgehead atoms. The van der Waals surface area contributed by atoms with Crippen LogP contribution in [0, 0.1) is 11.6 Å². The maximum Gasteiger partial charge on any atom is 0.336 e. The van der Waals surface area contributed by atoms with E-state index in [9.17, 15) is 18.4 Å². The Morgan fingerprint density at radius 2 is 1.72 bits per heavy atom. The number of hydrogen-bond acceptors (Lipinski definition) is 3. The fourth-order valence-corrected chi connectivity index (χ4v) is 2.13. The quantitative estimate of drug-likeness (QED) is 0.871. The van der Waals surface area contributed by atoms with Gasteiger partial charge in [-0.1, -0.05) is 6.07 Å². The van der Waals surface area contributed by atoms with Crippen LogP contribution in [0.25, 0.3) is 0 Å². The van der Waals surface area contributed by atoms with E-state index in [0.717, 1.165) is 11.3 Å². The Labute approximate surface area is 104 Å². The van der Waals surface area contributed by atoms with Crippen molar-refractivity contribution < 1.29 is 23.5 Å². The minimum absolute atomic E-state index is 0.267. The number of hydrogen-bond donors (Lipinski definition) is 1. The van der Waals surface area contributed by atoms with Gasteiger partial charge in [-0.25, -0.2) is 13.6 Å². The summed E-state index contributed by atoms with van der Waals surface area (Å²) in [5.41, 5.74) is -0.906. The smallest absolute Gasteiger partial charge is 0.336 e. The van der Waals surface area contributed by atoms with E-state index >= 15 is 0 Å². The Morgan fingerprint density at radius 1 is 1.11 bits per heavy atom. The van der Waals surface area contributed by atoms with Crippen molar-refractivity contribution in [2.75, 3.05) is 0 Å². The van der Waals surface area contributed by atoms with Gasteiger partial charge in [0, 0.05) is 5.56 Å². The van der Waals surface area contributed by atoms with Crippen LogP contribution in [0.15, 0.2) is 29.6 Å². The van der Waals surface area contributed by atoms with Gasteiger partial charge in [-0.2, -0.15) is 0 Å². The number of benzene rings is 1. The number of halogens is 2. The third-order valence-electron chi connectivity index (χ3n) is 2.28. The van der Waals surface area contributed by atoms with Crippen molar-refractivity contribution in [3.8, 4) is 0 Å². The van der Waals surface area contributed by atoms with Crippen LogP contribution in [0.4, 0.5) is 8.78 Å². The van der Waals surface area contributed by atoms with Gasteiger partial charge in [0.2, 0.25) is 5.78 Å². The molecule has 0 atom stereocenters. The zero-order valence-corrected chi connectivity index (χ0v) is 9.63. The molecule has 0 saturated carbocycles. The summed E-state index contributed by atoms with van der Waals surface area (Å²) in [5, 5.41) is 10.5. The number of carbonyl (C=O) groups excluding carboxylic acids is 1. The van der Waals surface area contributed by atoms with Crippen molar-refractivity contribution in [3.63, 3.8) is 0 Å². The summed E-state index contributed by atoms with van der Waals surface area (Å²) in [5.74, 6) is -4.66. The van der Waals surface area contributed by atoms with Crippen LogP contribution in [-0.2, 0) is 0 Å². The maximum atomic E-state index is 13.1. The van der Waals surface area contributed by atoms with E-state index in [4.69, 9.17) is 5.11 Å². The first-order valence-electron chi connectivity index (χ1n) is 4.81. The first kappa shape index (κ1) is 12.4. The molecule has 2 aromatic rings. The second-order valence-electron chi connectivity index (χ2n) is 3.42. The second-order valence-corrected chi connectivity index (χ2v) is 4.37. The first-order valence-corrected chi connectivity index (χ1v) is 5.69. The fraction of sp³-hybridized carbons (Fsp3) is 0. The summed E-state index contributed by atoms with van der Waals surface area (Å²) in [6, 6.07) is 4.22. The van der Waals surface area contributed by atoms with Gasteiger partial charge in [0.25, 0.3) is 0 Å². The van der Waals surface area contributed by atoms with Gasteiger partial charge in [0.15, 0.2) is 11.6 Å². The number of carboxylic acid groups (broad SMARTS) is 1. The highest BCUT2D eigenvalue weighted by Crippen LogP contribution is 2.21. The third-order valence-corrected chi connectivity index (χ3v) is 3.15. The molecule has 0 fully saturated rings. The van der Waals surface area contributed by atoms with Crippen LogP contribution in [0.2, 0.25) is 0 Å². The normalized spacial score (nSPS) is 10.3. The molecule has 1 aromatic carbocycles. The molecule has 0 radical (unpaired) electrons. The first-order chi connectivity index (χ1) is 8.50. The van der Waals surface area contributed by atoms with Crippen LogP contribution in [-0.4, -0.2) is 16.9 Å². The lowest BCUT2D eigenvalue weighted by Gasteiger charge is -2.05. The second kappa shape index (κ2) is 4.66. The highest BCUT2D eigenvalue weighted by Gasteiger charge is 2.21. The molecule has 0 aliphatic rings. The van der Waals surface area contributed by atoms with Crippen molar-refractivity contribution in [3.05, 3.63) is 57.3 Å². The number of ketones is 1. The fourth-order valence-electron chi connectivity index (χ4n) is 1.45. The van der Waals surface area contributed by atoms with Gasteiger partial charge >= 0.3 is 5.97 Å². The van der Waals surface area contributed by atoms with Gasteiger partial charge in [-0.05, 0) is 23.6 Å². The largest absolute Gasteiger partial charge is 0.478 e. The van der Waals surface area contributed by atoms with E-state index in [1.54, 1.807) is 11.4 Å². The third kappa shape index (κ3) is 2.14. The zero-order valence-electron chi connectivity index (χ0n) is 8.81. The highest BCUT2D eigenvalue weighted by molar-refractivity contribution is 7.12. The predicted molar refractivity (Wildman–Crippen MR) is 61.1 cm³/mol. The lowest BCUT2D eigenvalue weighted by atomic mass is 10.0. The molecule has 0 spiro atoms. The monoisotopic (exact) mass is 268 g/mol. The number of carboxylic acids is 1. The molecule has 6 heteroatoms. The van der Waals surface area contributed by atoms with Crippen LogP contribution in [0.3, 0.4) is 0 Å². The summed E-state index contributed by atoms with van der Waals surface area (Å²) < 4.78 is 26.1. The van der Waals surface area contributed by atoms with Gasteiger partial charge in [0.05, 0.1) is 10.4 Å². The Hall–Kier alpha value is -2.08. The minimum Gasteiger partial charge on any atom is -0.478 e. The summed E-state index contributed by atoms with van der Waals surface area (Å²) in [4.78, 5) is 23.1. The molecular formula is C12H6F2O3S. The standard InChI is InChI=1S/C12H6F2O3S/c13-8-4-6(7(12(16)17)5-9(8)14)11(15)10-2-1-3-18-10/h1-5H,(H,16,17). The summed E-state index contributed by atoms with van der Waals surface area (Å²) in [7, 11) is 0. The molecule has 1 aromatic heterocycles. The molecule has 0 saturated heterocycles. The number of aromatic carboxylic acids is 1. The summed E-state index contributed by atoms with van der Waals surface area (Å²) in [6.45, 7) is 0. The number of thiophene rings is 1. The van der Waals surface area contributed by atoms with Crippen molar-refractivity contribution >= 4 is 23.1 Å². The Balaban J connectivity index is 2.59. The molecule has 92 valence electrons. The predicted octanol–water partition coefficient (Wildman–Crippen LogP) is 2.96. The van der Waals surface area contributed by atoms with Crippen molar-refractivity contribution in [2.24, 2.45) is 0 Å². The Morgan fingerprint density at radius 3 is 2.22 bits per heavy atom. The SMILES string of the molecule is O=C(O)c1cc(F)c(F)cc1C(=O)c1cccs1. The van der Waals surface area contributed by atoms with Crippen LogP contribution in [0.1, 0.15) is 25.6 Å². The highest BCUT2D eigenvalue weighted by atomic mass is 32.1. The molecule has 1 heterocycles. The zero-order chi connectivity index (χ0) is 13.3. The molecule has 0 aliphatic carbocycles. The van der Waals surface area contributed by atoms with Crippen molar-refractivity contribution in [1.29, 1.82) is 0 Å². The van der Waals surface area contributed by atoms with Gasteiger partial charge < -0.3 is 5.11 Å². The van der Waals surface area contributed by atoms with E-state index in [1.165, 1.54) is 6.07 Å². The minimum atomic E-state index is -1.48. The van der Waals surface area contributed by atoms with Crippen molar-refractivity contribution in [2.45, 2.75) is 0 Å². The topological polar surface area (TPSA) is 54.4 Å². The van der Waals surface area contributed by atoms with E-state index in [1.807, 2.05) is 0 Å². The van der Waals surface area contributed by atoms with E-state index in [-0.39, 0.29) is 10.4 Å². The van der Waals surface area contributed by atoms with Crippen molar-refractivity contribution in [1.82, 2.24) is 0 Å². The lowest BCUT2D eigenvalue weighted by molar-refractivity contribution is 0.0692. The average molecular weight is 268 g/mol. The van der Waals surface area contributed by atoms with Gasteiger partial charge in [-0.15, -0.1) is 11.3 Å². The lowest BCUT2D eigenvalue weighted by Crippen LogP contribution is -2.10. The summed E-state index contributed by atoms with van der Waals surface area (Å²) >= 11 is 1.10. The van der Waals surface area contributed by atoms with Gasteiger partial charge in [0.1, 0.15) is 0 Å². The molecule has 0 unspecified atom stereocenters. The van der Waals surface area contributed by atoms with Crippen LogP contribution < -0.4 is 0 Å². The molecular weight excluding hydrogens is 262 g/mol. The number of rotatable bonds is 3. The molecule has 1 N–H and O–H groups in total. The van der Waals surface area contributed by atoms with Crippen LogP contribution >= 0.6 is 11.3 Å². The van der Waals surface area contributed by atoms with Crippen LogP contribution in [0.5, 0.6) is 0 Å². The Kier molecular flexibility index (Phi) is 3.20. The number of carbonyl (C=O) groups is 2. The molecule has 2 rings (SSSR count). The molecule has 3 nitrogen and oxygen atoms in total. The van der Waals surface area contributed by atoms with E-state index in [0.29, 0.717) is 12.1 Å². The summed E-state index contributed by atoms with van der Waals surface area (Å²) in [6.07, 6.45) is 0. The average Bonchev–Trinajstić information content (AvgIpc) is 2.84. The van der Waals surface area contributed by atoms with Gasteiger partial charge in [-0.3, -0.25) is 4.79 Å². The maximum absolute atomic E-state index is 13.1.